The van der Waals surface area contributed by atoms with Gasteiger partial charge in [-0.15, -0.1) is 5.10 Å². The molecule has 0 spiro atoms. The molecule has 1 saturated heterocycles. The van der Waals surface area contributed by atoms with Crippen molar-refractivity contribution in [3.8, 4) is 0 Å². The maximum absolute atomic E-state index is 13.5. The fourth-order valence-electron chi connectivity index (χ4n) is 12.1. The highest BCUT2D eigenvalue weighted by atomic mass is 16.5. The Morgan fingerprint density at radius 1 is 1.15 bits per heavy atom. The van der Waals surface area contributed by atoms with Crippen LogP contribution in [0.15, 0.2) is 11.6 Å². The fourth-order valence-corrected chi connectivity index (χ4v) is 12.1. The Bertz CT molecular complexity index is 1350. The number of aliphatic carboxylic acids is 1. The minimum absolute atomic E-state index is 0.0667. The van der Waals surface area contributed by atoms with Gasteiger partial charge in [0.15, 0.2) is 0 Å². The van der Waals surface area contributed by atoms with E-state index >= 15 is 0 Å². The van der Waals surface area contributed by atoms with E-state index in [0.717, 1.165) is 51.4 Å². The summed E-state index contributed by atoms with van der Waals surface area (Å²) in [6, 6.07) is -0.235. The average Bonchev–Trinajstić information content (AvgIpc) is 3.42. The van der Waals surface area contributed by atoms with Gasteiger partial charge in [-0.25, -0.2) is 0 Å². The van der Waals surface area contributed by atoms with Crippen molar-refractivity contribution >= 4 is 11.9 Å². The third-order valence-corrected chi connectivity index (χ3v) is 14.9. The van der Waals surface area contributed by atoms with Gasteiger partial charge in [-0.05, 0) is 95.5 Å². The average molecular weight is 641 g/mol. The van der Waals surface area contributed by atoms with Gasteiger partial charge >= 0.3 is 5.97 Å². The van der Waals surface area contributed by atoms with Gasteiger partial charge in [0.05, 0.1) is 31.8 Å². The molecule has 12 atom stereocenters. The summed E-state index contributed by atoms with van der Waals surface area (Å²) in [5, 5.41) is 24.1. The Hall–Kier alpha value is -2.04. The quantitative estimate of drug-likeness (QED) is 0.280. The van der Waals surface area contributed by atoms with Gasteiger partial charge in [0.25, 0.3) is 5.95 Å². The number of hydrogen-bond acceptors (Lipinski definition) is 8. The van der Waals surface area contributed by atoms with Crippen molar-refractivity contribution in [1.29, 1.82) is 0 Å². The predicted octanol–water partition coefficient (Wildman–Crippen LogP) is 5.90. The minimum atomic E-state index is -0.639. The normalized spacial score (nSPS) is 44.8. The van der Waals surface area contributed by atoms with Crippen molar-refractivity contribution in [1.82, 2.24) is 20.2 Å². The summed E-state index contributed by atoms with van der Waals surface area (Å²) in [5.74, 6) is 0.397. The number of allylic oxidation sites excluding steroid dienone is 1. The van der Waals surface area contributed by atoms with E-state index in [9.17, 15) is 9.90 Å². The Morgan fingerprint density at radius 3 is 2.52 bits per heavy atom. The highest BCUT2D eigenvalue weighted by Gasteiger charge is 2.72. The van der Waals surface area contributed by atoms with Crippen LogP contribution in [0.4, 0.5) is 5.95 Å². The lowest BCUT2D eigenvalue weighted by Crippen LogP contribution is -2.70. The second-order valence-electron chi connectivity index (χ2n) is 17.4. The molecule has 0 aromatic carbocycles. The van der Waals surface area contributed by atoms with E-state index in [2.05, 4.69) is 76.9 Å². The zero-order chi connectivity index (χ0) is 33.4. The van der Waals surface area contributed by atoms with Gasteiger partial charge in [0.1, 0.15) is 6.04 Å². The molecule has 5 aliphatic rings. The number of fused-ring (bicyclic) bond motifs is 3. The topological polar surface area (TPSA) is 151 Å². The van der Waals surface area contributed by atoms with Gasteiger partial charge in [0, 0.05) is 11.5 Å². The molecular weight excluding hydrogens is 580 g/mol. The van der Waals surface area contributed by atoms with E-state index in [1.807, 2.05) is 0 Å². The van der Waals surface area contributed by atoms with Crippen molar-refractivity contribution in [2.75, 3.05) is 25.6 Å². The van der Waals surface area contributed by atoms with Crippen molar-refractivity contribution in [3.63, 3.8) is 0 Å². The number of hydrogen-bond donors (Lipinski definition) is 3. The molecule has 1 aromatic heterocycles. The van der Waals surface area contributed by atoms with Crippen LogP contribution in [-0.4, -0.2) is 63.2 Å². The van der Waals surface area contributed by atoms with Crippen LogP contribution in [0.5, 0.6) is 0 Å². The van der Waals surface area contributed by atoms with Crippen molar-refractivity contribution in [2.45, 2.75) is 125 Å². The van der Waals surface area contributed by atoms with Crippen LogP contribution in [0.1, 0.15) is 113 Å². The number of tetrazole rings is 1. The van der Waals surface area contributed by atoms with Gasteiger partial charge in [0.2, 0.25) is 0 Å². The molecule has 2 heterocycles. The number of aromatic nitrogens is 4. The van der Waals surface area contributed by atoms with E-state index in [1.54, 1.807) is 4.80 Å². The second-order valence-corrected chi connectivity index (χ2v) is 17.4. The molecule has 258 valence electrons. The molecule has 4 aliphatic carbocycles. The maximum atomic E-state index is 13.5. The van der Waals surface area contributed by atoms with Crippen molar-refractivity contribution in [2.24, 2.45) is 62.4 Å². The largest absolute Gasteiger partial charge is 0.481 e. The van der Waals surface area contributed by atoms with Crippen LogP contribution < -0.4 is 11.5 Å². The summed E-state index contributed by atoms with van der Waals surface area (Å²) in [4.78, 5) is 15.2. The maximum Gasteiger partial charge on any atom is 0.307 e. The van der Waals surface area contributed by atoms with Gasteiger partial charge < -0.3 is 26.0 Å². The molecule has 0 radical (unpaired) electrons. The number of ether oxygens (including phenoxy) is 2. The van der Waals surface area contributed by atoms with E-state index in [0.29, 0.717) is 37.6 Å². The molecule has 5 N–H and O–H groups in total. The van der Waals surface area contributed by atoms with E-state index < -0.39 is 17.3 Å². The highest BCUT2D eigenvalue weighted by molar-refractivity contribution is 5.73. The van der Waals surface area contributed by atoms with Gasteiger partial charge in [-0.2, -0.15) is 4.80 Å². The first-order valence-electron chi connectivity index (χ1n) is 18.0. The zero-order valence-electron chi connectivity index (χ0n) is 29.6. The summed E-state index contributed by atoms with van der Waals surface area (Å²) in [6.45, 7) is 20.0. The SMILES string of the molecule is CCC[C@H](N)CO[C@H]1[C@H](n2nnc(N)n2)C[C@]2(C)COC[C@@]13C1=CC[C@@]4(C)[C@H](C(=O)O)[C@@](C)([C@H](C)C(C)C)CC[C@]4(C)[C@H]1CC[C@H]23. The zero-order valence-corrected chi connectivity index (χ0v) is 29.6. The molecule has 0 unspecified atom stereocenters. The Morgan fingerprint density at radius 2 is 1.89 bits per heavy atom. The standard InChI is InChI=1S/C36H60N6O4/c1-9-10-23(37)18-46-29-26(42-40-31(38)39-41-42)17-32(5)19-45-20-36(29)25-13-14-35(8)28(30(43)44)33(6,22(4)21(2)3)15-16-34(35,7)24(25)11-12-27(32)36/h13,21-24,26-29H,9-12,14-20,37H2,1-8H3,(H2,38,40)(H,43,44)/t22-,23+,24+,26-,27-,28-,29+,32-,33-,34-,35+,36+/m1/s1. The van der Waals surface area contributed by atoms with Crippen LogP contribution in [0.3, 0.4) is 0 Å². The first-order valence-corrected chi connectivity index (χ1v) is 18.0. The number of carboxylic acid groups (broad SMARTS) is 1. The Balaban J connectivity index is 1.50. The second kappa shape index (κ2) is 11.5. The summed E-state index contributed by atoms with van der Waals surface area (Å²) in [6.07, 6.45) is 9.68. The molecule has 2 bridgehead atoms. The molecule has 0 amide bonds. The fraction of sp³-hybridized carbons (Fsp3) is 0.889. The van der Waals surface area contributed by atoms with Crippen molar-refractivity contribution < 1.29 is 19.4 Å². The lowest BCUT2D eigenvalue weighted by molar-refractivity contribution is -0.253. The molecular formula is C36H60N6O4. The summed E-state index contributed by atoms with van der Waals surface area (Å²) in [5.41, 5.74) is 12.7. The van der Waals surface area contributed by atoms with Crippen LogP contribution >= 0.6 is 0 Å². The molecule has 1 aliphatic heterocycles. The van der Waals surface area contributed by atoms with Crippen LogP contribution in [0.2, 0.25) is 0 Å². The molecule has 3 saturated carbocycles. The van der Waals surface area contributed by atoms with Crippen LogP contribution in [0.25, 0.3) is 0 Å². The summed E-state index contributed by atoms with van der Waals surface area (Å²) >= 11 is 0. The smallest absolute Gasteiger partial charge is 0.307 e. The van der Waals surface area contributed by atoms with Gasteiger partial charge in [-0.1, -0.05) is 78.6 Å². The molecule has 4 fully saturated rings. The lowest BCUT2D eigenvalue weighted by atomic mass is 9.34. The molecule has 1 aromatic rings. The van der Waals surface area contributed by atoms with Crippen molar-refractivity contribution in [3.05, 3.63) is 11.6 Å². The predicted molar refractivity (Wildman–Crippen MR) is 177 cm³/mol. The number of carbonyl (C=O) groups is 1. The monoisotopic (exact) mass is 640 g/mol. The third kappa shape index (κ3) is 4.66. The number of carboxylic acids is 1. The first-order chi connectivity index (χ1) is 21.6. The van der Waals surface area contributed by atoms with E-state index in [-0.39, 0.29) is 51.7 Å². The third-order valence-electron chi connectivity index (χ3n) is 14.9. The summed E-state index contributed by atoms with van der Waals surface area (Å²) < 4.78 is 13.7. The number of rotatable bonds is 9. The van der Waals surface area contributed by atoms with E-state index in [1.165, 1.54) is 5.57 Å². The molecule has 46 heavy (non-hydrogen) atoms. The van der Waals surface area contributed by atoms with Crippen LogP contribution in [0, 0.1) is 56.7 Å². The number of nitrogen functional groups attached to an aromatic ring is 1. The summed E-state index contributed by atoms with van der Waals surface area (Å²) in [7, 11) is 0. The molecule has 10 heteroatoms. The van der Waals surface area contributed by atoms with Crippen LogP contribution in [-0.2, 0) is 14.3 Å². The highest BCUT2D eigenvalue weighted by Crippen LogP contribution is 2.75. The Labute approximate surface area is 275 Å². The van der Waals surface area contributed by atoms with Gasteiger partial charge in [-0.3, -0.25) is 4.79 Å². The Kier molecular flexibility index (Phi) is 8.49. The minimum Gasteiger partial charge on any atom is -0.481 e. The lowest BCUT2D eigenvalue weighted by Gasteiger charge is -2.71. The number of nitrogens with zero attached hydrogens (tertiary/aromatic N) is 4. The van der Waals surface area contributed by atoms with E-state index in [4.69, 9.17) is 20.9 Å². The number of anilines is 1. The molecule has 6 rings (SSSR count). The number of nitrogens with two attached hydrogens (primary N) is 2. The molecule has 10 nitrogen and oxygen atoms in total. The first kappa shape index (κ1) is 33.8.